The van der Waals surface area contributed by atoms with Gasteiger partial charge in [0.2, 0.25) is 0 Å². The van der Waals surface area contributed by atoms with Crippen molar-refractivity contribution in [2.45, 2.75) is 51.6 Å². The van der Waals surface area contributed by atoms with Crippen molar-refractivity contribution in [2.75, 3.05) is 6.61 Å². The number of hydrogen-bond acceptors (Lipinski definition) is 3. The molecule has 0 heterocycles. The lowest BCUT2D eigenvalue weighted by atomic mass is 9.81. The van der Waals surface area contributed by atoms with Gasteiger partial charge in [0.05, 0.1) is 6.61 Å². The highest BCUT2D eigenvalue weighted by molar-refractivity contribution is 5.66. The van der Waals surface area contributed by atoms with Crippen LogP contribution in [-0.4, -0.2) is 18.7 Å². The normalized spacial score (nSPS) is 22.8. The molecule has 3 nitrogen and oxygen atoms in total. The second-order valence-corrected chi connectivity index (χ2v) is 5.04. The Labute approximate surface area is 114 Å². The molecule has 3 heteroatoms. The first kappa shape index (κ1) is 13.9. The Hall–Kier alpha value is -1.51. The van der Waals surface area contributed by atoms with E-state index in [4.69, 9.17) is 9.47 Å². The Kier molecular flexibility index (Phi) is 4.83. The van der Waals surface area contributed by atoms with E-state index >= 15 is 0 Å². The summed E-state index contributed by atoms with van der Waals surface area (Å²) in [5.41, 5.74) is 1.24. The fourth-order valence-corrected chi connectivity index (χ4v) is 2.81. The van der Waals surface area contributed by atoms with Gasteiger partial charge in [0.1, 0.15) is 11.9 Å². The number of benzene rings is 1. The van der Waals surface area contributed by atoms with Crippen LogP contribution in [0.4, 0.5) is 0 Å². The van der Waals surface area contributed by atoms with E-state index in [2.05, 4.69) is 12.1 Å². The quantitative estimate of drug-likeness (QED) is 0.777. The Morgan fingerprint density at radius 1 is 1.21 bits per heavy atom. The lowest BCUT2D eigenvalue weighted by Gasteiger charge is -2.31. The molecular formula is C16H22O3. The first-order valence-electron chi connectivity index (χ1n) is 7.10. The van der Waals surface area contributed by atoms with Crippen LogP contribution in [0, 0.1) is 0 Å². The van der Waals surface area contributed by atoms with Gasteiger partial charge in [-0.2, -0.15) is 0 Å². The molecule has 1 aliphatic rings. The van der Waals surface area contributed by atoms with E-state index in [1.807, 2.05) is 19.1 Å². The van der Waals surface area contributed by atoms with E-state index in [1.54, 1.807) is 0 Å². The predicted molar refractivity (Wildman–Crippen MR) is 74.4 cm³/mol. The average molecular weight is 262 g/mol. The largest absolute Gasteiger partial charge is 0.494 e. The van der Waals surface area contributed by atoms with E-state index in [9.17, 15) is 4.79 Å². The van der Waals surface area contributed by atoms with Gasteiger partial charge in [-0.15, -0.1) is 0 Å². The summed E-state index contributed by atoms with van der Waals surface area (Å²) < 4.78 is 10.9. The molecule has 0 aliphatic heterocycles. The second kappa shape index (κ2) is 6.60. The van der Waals surface area contributed by atoms with E-state index in [0.717, 1.165) is 25.0 Å². The van der Waals surface area contributed by atoms with Gasteiger partial charge in [0.15, 0.2) is 0 Å². The fourth-order valence-electron chi connectivity index (χ4n) is 2.81. The number of hydrogen-bond donors (Lipinski definition) is 0. The van der Waals surface area contributed by atoms with Gasteiger partial charge in [-0.25, -0.2) is 0 Å². The highest BCUT2D eigenvalue weighted by Gasteiger charge is 2.28. The molecule has 0 bridgehead atoms. The minimum atomic E-state index is -0.178. The van der Waals surface area contributed by atoms with Crippen LogP contribution in [0.1, 0.15) is 51.0 Å². The molecule has 0 spiro atoms. The topological polar surface area (TPSA) is 35.5 Å². The van der Waals surface area contributed by atoms with Gasteiger partial charge < -0.3 is 9.47 Å². The fraction of sp³-hybridized carbons (Fsp3) is 0.562. The van der Waals surface area contributed by atoms with Crippen molar-refractivity contribution in [2.24, 2.45) is 0 Å². The molecule has 2 atom stereocenters. The van der Waals surface area contributed by atoms with Crippen LogP contribution in [0.15, 0.2) is 24.3 Å². The molecule has 0 N–H and O–H groups in total. The van der Waals surface area contributed by atoms with Gasteiger partial charge in [0, 0.05) is 12.8 Å². The summed E-state index contributed by atoms with van der Waals surface area (Å²) in [5.74, 6) is 1.04. The highest BCUT2D eigenvalue weighted by atomic mass is 16.5. The van der Waals surface area contributed by atoms with Crippen molar-refractivity contribution in [1.29, 1.82) is 0 Å². The van der Waals surface area contributed by atoms with Gasteiger partial charge >= 0.3 is 5.97 Å². The molecule has 0 radical (unpaired) electrons. The van der Waals surface area contributed by atoms with Crippen molar-refractivity contribution in [3.63, 3.8) is 0 Å². The number of ether oxygens (including phenoxy) is 2. The summed E-state index contributed by atoms with van der Waals surface area (Å²) in [6, 6.07) is 8.19. The molecule has 0 amide bonds. The molecule has 1 aliphatic carbocycles. The Morgan fingerprint density at radius 3 is 2.53 bits per heavy atom. The predicted octanol–water partition coefficient (Wildman–Crippen LogP) is 3.67. The number of rotatable bonds is 4. The summed E-state index contributed by atoms with van der Waals surface area (Å²) in [6.45, 7) is 4.15. The highest BCUT2D eigenvalue weighted by Crippen LogP contribution is 2.35. The third-order valence-corrected chi connectivity index (χ3v) is 3.64. The molecule has 0 unspecified atom stereocenters. The Morgan fingerprint density at radius 2 is 1.89 bits per heavy atom. The first-order valence-corrected chi connectivity index (χ1v) is 7.10. The average Bonchev–Trinajstić information content (AvgIpc) is 2.40. The number of carbonyl (C=O) groups is 1. The second-order valence-electron chi connectivity index (χ2n) is 5.04. The zero-order chi connectivity index (χ0) is 13.7. The summed E-state index contributed by atoms with van der Waals surface area (Å²) in [7, 11) is 0. The maximum absolute atomic E-state index is 11.2. The lowest BCUT2D eigenvalue weighted by molar-refractivity contribution is -0.148. The molecule has 2 rings (SSSR count). The maximum atomic E-state index is 11.2. The van der Waals surface area contributed by atoms with Crippen LogP contribution in [0.3, 0.4) is 0 Å². The van der Waals surface area contributed by atoms with Crippen LogP contribution < -0.4 is 4.74 Å². The van der Waals surface area contributed by atoms with Crippen molar-refractivity contribution >= 4 is 5.97 Å². The van der Waals surface area contributed by atoms with Crippen molar-refractivity contribution in [1.82, 2.24) is 0 Å². The van der Waals surface area contributed by atoms with Crippen LogP contribution in [0.2, 0.25) is 0 Å². The van der Waals surface area contributed by atoms with Crippen LogP contribution in [0.25, 0.3) is 0 Å². The Balaban J connectivity index is 2.10. The van der Waals surface area contributed by atoms with E-state index in [-0.39, 0.29) is 12.1 Å². The van der Waals surface area contributed by atoms with Crippen molar-refractivity contribution in [3.05, 3.63) is 29.8 Å². The molecular weight excluding hydrogens is 240 g/mol. The molecule has 1 aromatic rings. The lowest BCUT2D eigenvalue weighted by Crippen LogP contribution is -2.27. The third kappa shape index (κ3) is 3.72. The minimum Gasteiger partial charge on any atom is -0.494 e. The van der Waals surface area contributed by atoms with E-state index < -0.39 is 0 Å². The zero-order valence-electron chi connectivity index (χ0n) is 11.7. The van der Waals surface area contributed by atoms with Gasteiger partial charge in [0.25, 0.3) is 0 Å². The van der Waals surface area contributed by atoms with E-state index in [1.165, 1.54) is 18.9 Å². The molecule has 0 saturated heterocycles. The molecule has 1 aromatic carbocycles. The molecule has 1 saturated carbocycles. The number of esters is 1. The standard InChI is InChI=1S/C16H22O3/c1-3-18-14-10-8-13(9-11-14)15-6-4-5-7-16(15)19-12(2)17/h8-11,15-16H,3-7H2,1-2H3/t15-,16+/m1/s1. The molecule has 19 heavy (non-hydrogen) atoms. The molecule has 0 aromatic heterocycles. The minimum absolute atomic E-state index is 0.0317. The first-order chi connectivity index (χ1) is 9.20. The summed E-state index contributed by atoms with van der Waals surface area (Å²) in [6.07, 6.45) is 4.44. The van der Waals surface area contributed by atoms with Gasteiger partial charge in [-0.3, -0.25) is 4.79 Å². The van der Waals surface area contributed by atoms with Crippen LogP contribution >= 0.6 is 0 Å². The third-order valence-electron chi connectivity index (χ3n) is 3.64. The molecule has 1 fully saturated rings. The summed E-state index contributed by atoms with van der Waals surface area (Å²) in [4.78, 5) is 11.2. The smallest absolute Gasteiger partial charge is 0.302 e. The SMILES string of the molecule is CCOc1ccc([C@H]2CCCC[C@@H]2OC(C)=O)cc1. The van der Waals surface area contributed by atoms with Crippen molar-refractivity contribution < 1.29 is 14.3 Å². The van der Waals surface area contributed by atoms with Gasteiger partial charge in [-0.1, -0.05) is 18.6 Å². The zero-order valence-corrected chi connectivity index (χ0v) is 11.7. The van der Waals surface area contributed by atoms with Crippen LogP contribution in [-0.2, 0) is 9.53 Å². The Bertz CT molecular complexity index is 411. The van der Waals surface area contributed by atoms with Gasteiger partial charge in [-0.05, 0) is 43.9 Å². The monoisotopic (exact) mass is 262 g/mol. The van der Waals surface area contributed by atoms with Crippen molar-refractivity contribution in [3.8, 4) is 5.75 Å². The summed E-state index contributed by atoms with van der Waals surface area (Å²) in [5, 5.41) is 0. The van der Waals surface area contributed by atoms with E-state index in [0.29, 0.717) is 12.5 Å². The van der Waals surface area contributed by atoms with Crippen LogP contribution in [0.5, 0.6) is 5.75 Å². The number of carbonyl (C=O) groups excluding carboxylic acids is 1. The summed E-state index contributed by atoms with van der Waals surface area (Å²) >= 11 is 0. The maximum Gasteiger partial charge on any atom is 0.302 e. The molecule has 104 valence electrons.